The molecule has 0 fully saturated rings. The normalized spacial score (nSPS) is 11.3. The van der Waals surface area contributed by atoms with Crippen LogP contribution in [0.5, 0.6) is 0 Å². The number of rotatable bonds is 4. The Morgan fingerprint density at radius 1 is 1.47 bits per heavy atom. The fraction of sp³-hybridized carbons (Fsp3) is 0.267. The van der Waals surface area contributed by atoms with E-state index in [-0.39, 0.29) is 5.91 Å². The number of nitrogens with one attached hydrogen (secondary N) is 1. The van der Waals surface area contributed by atoms with E-state index in [2.05, 4.69) is 21.2 Å². The number of fused-ring (bicyclic) bond motifs is 1. The summed E-state index contributed by atoms with van der Waals surface area (Å²) in [5, 5.41) is 3.82. The zero-order valence-corrected chi connectivity index (χ0v) is 12.6. The van der Waals surface area contributed by atoms with E-state index in [0.29, 0.717) is 12.3 Å². The minimum atomic E-state index is -0.158. The van der Waals surface area contributed by atoms with Crippen LogP contribution in [0.15, 0.2) is 39.2 Å². The Hall–Kier alpha value is -1.55. The first kappa shape index (κ1) is 13.9. The lowest BCUT2D eigenvalue weighted by Crippen LogP contribution is -2.24. The molecule has 0 aliphatic rings. The molecule has 0 atom stereocenters. The highest BCUT2D eigenvalue weighted by molar-refractivity contribution is 9.10. The van der Waals surface area contributed by atoms with Gasteiger partial charge in [0.1, 0.15) is 5.58 Å². The summed E-state index contributed by atoms with van der Waals surface area (Å²) in [6, 6.07) is 5.73. The highest BCUT2D eigenvalue weighted by Crippen LogP contribution is 2.27. The Kier molecular flexibility index (Phi) is 4.43. The molecule has 2 aromatic rings. The predicted octanol–water partition coefficient (Wildman–Crippen LogP) is 4.20. The molecule has 1 aromatic heterocycles. The molecule has 100 valence electrons. The van der Waals surface area contributed by atoms with Crippen LogP contribution < -0.4 is 5.32 Å². The first-order valence-electron chi connectivity index (χ1n) is 6.21. The van der Waals surface area contributed by atoms with E-state index in [0.717, 1.165) is 27.4 Å². The van der Waals surface area contributed by atoms with E-state index in [4.69, 9.17) is 4.42 Å². The zero-order chi connectivity index (χ0) is 13.8. The summed E-state index contributed by atoms with van der Waals surface area (Å²) in [6.45, 7) is 4.48. The number of hydrogen-bond donors (Lipinski definition) is 1. The molecule has 0 aliphatic heterocycles. The average Bonchev–Trinajstić information content (AvgIpc) is 2.72. The number of benzene rings is 1. The molecule has 4 heteroatoms. The Morgan fingerprint density at radius 2 is 2.26 bits per heavy atom. The van der Waals surface area contributed by atoms with Gasteiger partial charge < -0.3 is 9.73 Å². The van der Waals surface area contributed by atoms with Crippen molar-refractivity contribution >= 4 is 32.8 Å². The lowest BCUT2D eigenvalue weighted by Gasteiger charge is -2.01. The van der Waals surface area contributed by atoms with Gasteiger partial charge in [-0.25, -0.2) is 0 Å². The molecule has 2 rings (SSSR count). The second kappa shape index (κ2) is 6.06. The average molecular weight is 322 g/mol. The monoisotopic (exact) mass is 321 g/mol. The van der Waals surface area contributed by atoms with Crippen molar-refractivity contribution in [2.45, 2.75) is 20.3 Å². The zero-order valence-electron chi connectivity index (χ0n) is 11.0. The third-order valence-electron chi connectivity index (χ3n) is 2.94. The van der Waals surface area contributed by atoms with Crippen molar-refractivity contribution in [3.8, 4) is 0 Å². The standard InChI is InChI=1S/C15H16BrNO2/c1-3-4-5-8-17-15(18)14-10(2)12-9-11(16)6-7-13(12)19-14/h3-4,6-7,9H,5,8H2,1-2H3,(H,17,18)/b4-3+. The lowest BCUT2D eigenvalue weighted by molar-refractivity contribution is 0.0928. The van der Waals surface area contributed by atoms with Gasteiger partial charge >= 0.3 is 0 Å². The van der Waals surface area contributed by atoms with Crippen molar-refractivity contribution in [2.24, 2.45) is 0 Å². The van der Waals surface area contributed by atoms with Gasteiger partial charge in [-0.05, 0) is 38.5 Å². The van der Waals surface area contributed by atoms with Gasteiger partial charge in [0.2, 0.25) is 0 Å². The van der Waals surface area contributed by atoms with Crippen LogP contribution in [0.1, 0.15) is 29.5 Å². The van der Waals surface area contributed by atoms with Gasteiger partial charge in [0.15, 0.2) is 5.76 Å². The molecule has 0 bridgehead atoms. The molecule has 1 heterocycles. The van der Waals surface area contributed by atoms with Crippen LogP contribution in [0, 0.1) is 6.92 Å². The first-order valence-corrected chi connectivity index (χ1v) is 7.00. The van der Waals surface area contributed by atoms with E-state index >= 15 is 0 Å². The van der Waals surface area contributed by atoms with Crippen molar-refractivity contribution in [2.75, 3.05) is 6.54 Å². The second-order valence-corrected chi connectivity index (χ2v) is 5.23. The fourth-order valence-corrected chi connectivity index (χ4v) is 2.29. The third-order valence-corrected chi connectivity index (χ3v) is 3.43. The second-order valence-electron chi connectivity index (χ2n) is 4.31. The molecule has 0 radical (unpaired) electrons. The highest BCUT2D eigenvalue weighted by Gasteiger charge is 2.17. The number of halogens is 1. The van der Waals surface area contributed by atoms with Gasteiger partial charge in [0.25, 0.3) is 5.91 Å². The Balaban J connectivity index is 2.20. The van der Waals surface area contributed by atoms with Gasteiger partial charge in [-0.3, -0.25) is 4.79 Å². The van der Waals surface area contributed by atoms with E-state index in [1.54, 1.807) is 0 Å². The van der Waals surface area contributed by atoms with Crippen molar-refractivity contribution in [1.29, 1.82) is 0 Å². The molecule has 1 aromatic carbocycles. The van der Waals surface area contributed by atoms with E-state index in [1.807, 2.05) is 44.2 Å². The molecule has 0 saturated carbocycles. The number of carbonyl (C=O) groups is 1. The summed E-state index contributed by atoms with van der Waals surface area (Å²) in [7, 11) is 0. The van der Waals surface area contributed by atoms with E-state index in [9.17, 15) is 4.79 Å². The van der Waals surface area contributed by atoms with Crippen LogP contribution in [0.2, 0.25) is 0 Å². The number of amides is 1. The summed E-state index contributed by atoms with van der Waals surface area (Å²) in [5.41, 5.74) is 1.61. The number of furan rings is 1. The Labute approximate surface area is 120 Å². The topological polar surface area (TPSA) is 42.2 Å². The molecule has 0 saturated heterocycles. The maximum atomic E-state index is 12.0. The van der Waals surface area contributed by atoms with Crippen LogP contribution in [0.3, 0.4) is 0 Å². The Morgan fingerprint density at radius 3 is 3.00 bits per heavy atom. The van der Waals surface area contributed by atoms with Crippen molar-refractivity contribution < 1.29 is 9.21 Å². The first-order chi connectivity index (χ1) is 9.13. The van der Waals surface area contributed by atoms with E-state index < -0.39 is 0 Å². The molecule has 19 heavy (non-hydrogen) atoms. The Bertz CT molecular complexity index is 628. The SMILES string of the molecule is C/C=C/CCNC(=O)c1oc2ccc(Br)cc2c1C. The third kappa shape index (κ3) is 3.07. The summed E-state index contributed by atoms with van der Waals surface area (Å²) >= 11 is 3.42. The van der Waals surface area contributed by atoms with Gasteiger partial charge in [-0.15, -0.1) is 0 Å². The lowest BCUT2D eigenvalue weighted by atomic mass is 10.1. The van der Waals surface area contributed by atoms with Crippen LogP contribution in [0.25, 0.3) is 11.0 Å². The van der Waals surface area contributed by atoms with Crippen LogP contribution in [-0.2, 0) is 0 Å². The van der Waals surface area contributed by atoms with Gasteiger partial charge in [0.05, 0.1) is 0 Å². The maximum absolute atomic E-state index is 12.0. The summed E-state index contributed by atoms with van der Waals surface area (Å²) < 4.78 is 6.60. The summed E-state index contributed by atoms with van der Waals surface area (Å²) in [4.78, 5) is 12.0. The quantitative estimate of drug-likeness (QED) is 0.677. The minimum absolute atomic E-state index is 0.158. The molecule has 0 unspecified atom stereocenters. The van der Waals surface area contributed by atoms with Crippen molar-refractivity contribution in [3.63, 3.8) is 0 Å². The van der Waals surface area contributed by atoms with Crippen LogP contribution in [-0.4, -0.2) is 12.5 Å². The van der Waals surface area contributed by atoms with Gasteiger partial charge in [-0.2, -0.15) is 0 Å². The molecule has 0 spiro atoms. The summed E-state index contributed by atoms with van der Waals surface area (Å²) in [5.74, 6) is 0.239. The number of allylic oxidation sites excluding steroid dienone is 1. The minimum Gasteiger partial charge on any atom is -0.451 e. The fourth-order valence-electron chi connectivity index (χ4n) is 1.93. The molecule has 1 N–H and O–H groups in total. The summed E-state index contributed by atoms with van der Waals surface area (Å²) in [6.07, 6.45) is 4.81. The van der Waals surface area contributed by atoms with Crippen LogP contribution in [0.4, 0.5) is 0 Å². The van der Waals surface area contributed by atoms with Gasteiger partial charge in [-0.1, -0.05) is 28.1 Å². The number of hydrogen-bond acceptors (Lipinski definition) is 2. The number of carbonyl (C=O) groups excluding carboxylic acids is 1. The highest BCUT2D eigenvalue weighted by atomic mass is 79.9. The smallest absolute Gasteiger partial charge is 0.287 e. The van der Waals surface area contributed by atoms with E-state index in [1.165, 1.54) is 0 Å². The molecular weight excluding hydrogens is 306 g/mol. The maximum Gasteiger partial charge on any atom is 0.287 e. The predicted molar refractivity (Wildman–Crippen MR) is 80.4 cm³/mol. The molecule has 1 amide bonds. The van der Waals surface area contributed by atoms with Gasteiger partial charge in [0, 0.05) is 22.0 Å². The molecular formula is C15H16BrNO2. The number of aryl methyl sites for hydroxylation is 1. The van der Waals surface area contributed by atoms with Crippen LogP contribution >= 0.6 is 15.9 Å². The van der Waals surface area contributed by atoms with Crippen molar-refractivity contribution in [1.82, 2.24) is 5.32 Å². The molecule has 0 aliphatic carbocycles. The van der Waals surface area contributed by atoms with Crippen molar-refractivity contribution in [3.05, 3.63) is 46.1 Å². The largest absolute Gasteiger partial charge is 0.451 e. The molecule has 3 nitrogen and oxygen atoms in total.